The molecule has 0 unspecified atom stereocenters. The van der Waals surface area contributed by atoms with Crippen LogP contribution >= 0.6 is 22.9 Å². The SMILES string of the molecule is C[C@@H]1CN2C(=O)c3cc(F)c(-c4ccc(F)c5sc(NC(=O)OC(C)(C)C)c(C#N)c45)c(Cl)c3OCC[C@H]2CN1C(=O)O. The third-order valence-electron chi connectivity index (χ3n) is 7.24. The zero-order valence-corrected chi connectivity index (χ0v) is 25.2. The zero-order valence-electron chi connectivity index (χ0n) is 23.6. The van der Waals surface area contributed by atoms with Crippen molar-refractivity contribution in [3.63, 3.8) is 0 Å². The Balaban J connectivity index is 1.61. The number of halogens is 3. The number of nitrogens with zero attached hydrogens (tertiary/aromatic N) is 3. The maximum Gasteiger partial charge on any atom is 0.412 e. The van der Waals surface area contributed by atoms with E-state index < -0.39 is 47.4 Å². The average molecular weight is 633 g/mol. The van der Waals surface area contributed by atoms with Crippen LogP contribution in [0.3, 0.4) is 0 Å². The summed E-state index contributed by atoms with van der Waals surface area (Å²) in [7, 11) is 0. The van der Waals surface area contributed by atoms with Crippen molar-refractivity contribution < 1.29 is 37.7 Å². The molecule has 0 saturated carbocycles. The second-order valence-electron chi connectivity index (χ2n) is 11.3. The number of rotatable bonds is 2. The van der Waals surface area contributed by atoms with E-state index in [4.69, 9.17) is 21.1 Å². The van der Waals surface area contributed by atoms with Gasteiger partial charge in [0.05, 0.1) is 33.5 Å². The molecule has 3 amide bonds. The standard InChI is InChI=1S/C29H27ClF2N4O6S/c1-13-11-36-14(12-35(13)28(39)40)7-8-41-23-16(26(36)37)9-19(32)21(22(23)30)15-5-6-18(31)24-20(15)17(10-33)25(43-24)34-27(38)42-29(2,3)4/h5-6,9,13-14H,7-8,11-12H2,1-4H3,(H,34,38)(H,39,40)/t13-,14+/m1/s1. The Morgan fingerprint density at radius 2 is 1.95 bits per heavy atom. The summed E-state index contributed by atoms with van der Waals surface area (Å²) in [4.78, 5) is 40.5. The van der Waals surface area contributed by atoms with Crippen molar-refractivity contribution in [2.75, 3.05) is 25.0 Å². The Morgan fingerprint density at radius 1 is 1.23 bits per heavy atom. The van der Waals surface area contributed by atoms with E-state index in [9.17, 15) is 24.8 Å². The van der Waals surface area contributed by atoms with Crippen molar-refractivity contribution in [1.29, 1.82) is 5.26 Å². The summed E-state index contributed by atoms with van der Waals surface area (Å²) in [6.07, 6.45) is -1.65. The third kappa shape index (κ3) is 5.52. The van der Waals surface area contributed by atoms with E-state index >= 15 is 8.78 Å². The van der Waals surface area contributed by atoms with Crippen molar-refractivity contribution in [2.24, 2.45) is 0 Å². The van der Waals surface area contributed by atoms with Crippen LogP contribution < -0.4 is 10.1 Å². The molecule has 5 rings (SSSR count). The van der Waals surface area contributed by atoms with Crippen LogP contribution in [0.15, 0.2) is 18.2 Å². The van der Waals surface area contributed by atoms with Crippen LogP contribution in [-0.4, -0.2) is 70.4 Å². The molecule has 3 heterocycles. The number of benzene rings is 2. The highest BCUT2D eigenvalue weighted by molar-refractivity contribution is 7.23. The van der Waals surface area contributed by atoms with Gasteiger partial charge in [-0.25, -0.2) is 18.4 Å². The van der Waals surface area contributed by atoms with Crippen LogP contribution in [0.25, 0.3) is 21.2 Å². The van der Waals surface area contributed by atoms with Gasteiger partial charge in [-0.1, -0.05) is 17.7 Å². The number of fused-ring (bicyclic) bond motifs is 3. The summed E-state index contributed by atoms with van der Waals surface area (Å²) in [5.74, 6) is -2.26. The molecule has 2 aliphatic heterocycles. The maximum absolute atomic E-state index is 16.0. The fourth-order valence-electron chi connectivity index (χ4n) is 5.37. The zero-order chi connectivity index (χ0) is 31.4. The summed E-state index contributed by atoms with van der Waals surface area (Å²) in [5, 5.41) is 21.8. The number of hydrogen-bond acceptors (Lipinski definition) is 7. The van der Waals surface area contributed by atoms with E-state index in [0.717, 1.165) is 23.5 Å². The van der Waals surface area contributed by atoms with Crippen molar-refractivity contribution in [3.8, 4) is 22.9 Å². The summed E-state index contributed by atoms with van der Waals surface area (Å²) < 4.78 is 42.2. The minimum Gasteiger partial charge on any atom is -0.491 e. The normalized spacial score (nSPS) is 18.6. The second kappa shape index (κ2) is 11.2. The van der Waals surface area contributed by atoms with Crippen molar-refractivity contribution >= 4 is 56.1 Å². The number of ether oxygens (including phenoxy) is 2. The molecule has 43 heavy (non-hydrogen) atoms. The largest absolute Gasteiger partial charge is 0.491 e. The number of amides is 3. The summed E-state index contributed by atoms with van der Waals surface area (Å²) in [5.41, 5.74) is -1.24. The molecule has 0 bridgehead atoms. The van der Waals surface area contributed by atoms with Crippen molar-refractivity contribution in [2.45, 2.75) is 51.8 Å². The molecule has 2 aliphatic rings. The van der Waals surface area contributed by atoms with Gasteiger partial charge < -0.3 is 24.4 Å². The predicted octanol–water partition coefficient (Wildman–Crippen LogP) is 6.69. The van der Waals surface area contributed by atoms with Crippen molar-refractivity contribution in [1.82, 2.24) is 9.80 Å². The molecule has 3 aromatic rings. The molecular formula is C29H27ClF2N4O6S. The first kappa shape index (κ1) is 30.3. The quantitative estimate of drug-likeness (QED) is 0.321. The van der Waals surface area contributed by atoms with Gasteiger partial charge in [0.15, 0.2) is 5.75 Å². The average Bonchev–Trinajstić information content (AvgIpc) is 3.27. The first-order chi connectivity index (χ1) is 20.2. The molecule has 1 fully saturated rings. The Hall–Kier alpha value is -4.15. The van der Waals surface area contributed by atoms with Crippen molar-refractivity contribution in [3.05, 3.63) is 46.0 Å². The van der Waals surface area contributed by atoms with Gasteiger partial charge in [0.1, 0.15) is 28.3 Å². The Bertz CT molecular complexity index is 1720. The second-order valence-corrected chi connectivity index (χ2v) is 12.7. The number of carbonyl (C=O) groups is 3. The van der Waals surface area contributed by atoms with E-state index in [0.29, 0.717) is 6.42 Å². The Labute approximate surface area is 254 Å². The van der Waals surface area contributed by atoms with Gasteiger partial charge in [-0.05, 0) is 45.4 Å². The van der Waals surface area contributed by atoms with Gasteiger partial charge in [-0.2, -0.15) is 5.26 Å². The molecule has 226 valence electrons. The number of piperazine rings is 1. The number of nitrogens with one attached hydrogen (secondary N) is 1. The molecule has 2 aromatic carbocycles. The summed E-state index contributed by atoms with van der Waals surface area (Å²) in [6.45, 7) is 6.90. The fraction of sp³-hybridized carbons (Fsp3) is 0.379. The number of thiophene rings is 1. The van der Waals surface area contributed by atoms with Gasteiger partial charge in [-0.3, -0.25) is 10.1 Å². The fourth-order valence-corrected chi connectivity index (χ4v) is 6.79. The number of carboxylic acid groups (broad SMARTS) is 1. The smallest absolute Gasteiger partial charge is 0.412 e. The van der Waals surface area contributed by atoms with Crippen LogP contribution in [0.1, 0.15) is 50.0 Å². The topological polar surface area (TPSA) is 132 Å². The van der Waals surface area contributed by atoms with Crippen LogP contribution in [0.4, 0.5) is 23.4 Å². The molecule has 14 heteroatoms. The highest BCUT2D eigenvalue weighted by atomic mass is 35.5. The number of hydrogen-bond donors (Lipinski definition) is 2. The summed E-state index contributed by atoms with van der Waals surface area (Å²) >= 11 is 7.53. The Morgan fingerprint density at radius 3 is 2.60 bits per heavy atom. The van der Waals surface area contributed by atoms with Crippen LogP contribution in [0.2, 0.25) is 5.02 Å². The summed E-state index contributed by atoms with van der Waals surface area (Å²) in [6, 6.07) is 4.36. The lowest BCUT2D eigenvalue weighted by atomic mass is 9.95. The number of nitriles is 1. The minimum absolute atomic E-state index is 0.00738. The molecule has 1 saturated heterocycles. The molecule has 2 N–H and O–H groups in total. The predicted molar refractivity (Wildman–Crippen MR) is 156 cm³/mol. The van der Waals surface area contributed by atoms with Gasteiger partial charge in [0.25, 0.3) is 5.91 Å². The van der Waals surface area contributed by atoms with Crippen LogP contribution in [-0.2, 0) is 4.74 Å². The first-order valence-corrected chi connectivity index (χ1v) is 14.5. The van der Waals surface area contributed by atoms with E-state index in [1.54, 1.807) is 27.7 Å². The lowest BCUT2D eigenvalue weighted by molar-refractivity contribution is 0.0214. The van der Waals surface area contributed by atoms with Gasteiger partial charge in [0.2, 0.25) is 0 Å². The molecule has 1 aromatic heterocycles. The number of anilines is 1. The van der Waals surface area contributed by atoms with E-state index in [2.05, 4.69) is 5.32 Å². The molecule has 10 nitrogen and oxygen atoms in total. The molecule has 0 spiro atoms. The Kier molecular flexibility index (Phi) is 7.87. The third-order valence-corrected chi connectivity index (χ3v) is 8.71. The molecule has 2 atom stereocenters. The molecular weight excluding hydrogens is 606 g/mol. The lowest BCUT2D eigenvalue weighted by Crippen LogP contribution is -2.60. The monoisotopic (exact) mass is 632 g/mol. The number of carbonyl (C=O) groups excluding carboxylic acids is 2. The van der Waals surface area contributed by atoms with Gasteiger partial charge >= 0.3 is 12.2 Å². The maximum atomic E-state index is 16.0. The van der Waals surface area contributed by atoms with Crippen LogP contribution in [0, 0.1) is 23.0 Å². The van der Waals surface area contributed by atoms with Gasteiger partial charge in [-0.15, -0.1) is 11.3 Å². The minimum atomic E-state index is -1.10. The highest BCUT2D eigenvalue weighted by Crippen LogP contribution is 2.48. The molecule has 0 aliphatic carbocycles. The van der Waals surface area contributed by atoms with E-state index in [1.165, 1.54) is 15.9 Å². The van der Waals surface area contributed by atoms with E-state index in [1.807, 2.05) is 6.07 Å². The molecule has 0 radical (unpaired) electrons. The van der Waals surface area contributed by atoms with E-state index in [-0.39, 0.29) is 67.8 Å². The lowest BCUT2D eigenvalue weighted by Gasteiger charge is -2.45. The van der Waals surface area contributed by atoms with Gasteiger partial charge in [0, 0.05) is 36.5 Å². The highest BCUT2D eigenvalue weighted by Gasteiger charge is 2.40. The first-order valence-electron chi connectivity index (χ1n) is 13.3. The van der Waals surface area contributed by atoms with Crippen LogP contribution in [0.5, 0.6) is 5.75 Å².